The van der Waals surface area contributed by atoms with Crippen molar-refractivity contribution in [3.05, 3.63) is 81.5 Å². The van der Waals surface area contributed by atoms with Gasteiger partial charge in [-0.2, -0.15) is 5.26 Å². The summed E-state index contributed by atoms with van der Waals surface area (Å²) in [6, 6.07) is 20.2. The molecule has 0 aliphatic heterocycles. The van der Waals surface area contributed by atoms with Crippen molar-refractivity contribution in [2.24, 2.45) is 0 Å². The lowest BCUT2D eigenvalue weighted by molar-refractivity contribution is 0.964. The van der Waals surface area contributed by atoms with Crippen molar-refractivity contribution in [3.8, 4) is 11.8 Å². The van der Waals surface area contributed by atoms with Crippen molar-refractivity contribution < 1.29 is 0 Å². The van der Waals surface area contributed by atoms with E-state index < -0.39 is 0 Å². The molecule has 4 aromatic rings. The Morgan fingerprint density at radius 2 is 1.93 bits per heavy atom. The molecule has 6 heteroatoms. The number of rotatable bonds is 4. The average Bonchev–Trinajstić information content (AvgIpc) is 3.22. The first-order valence-electron chi connectivity index (χ1n) is 8.65. The zero-order chi connectivity index (χ0) is 19.7. The first kappa shape index (κ1) is 18.8. The zero-order valence-corrected chi connectivity index (χ0v) is 17.7. The first-order valence-corrected chi connectivity index (χ1v) is 10.7. The summed E-state index contributed by atoms with van der Waals surface area (Å²) in [6.07, 6.45) is 1.94. The number of thiazole rings is 1. The van der Waals surface area contributed by atoms with Crippen molar-refractivity contribution in [2.45, 2.75) is 18.2 Å². The van der Waals surface area contributed by atoms with Gasteiger partial charge < -0.3 is 4.57 Å². The van der Waals surface area contributed by atoms with E-state index in [1.165, 1.54) is 11.8 Å². The number of halogens is 1. The number of hydrogen-bond acceptors (Lipinski definition) is 4. The van der Waals surface area contributed by atoms with E-state index in [-0.39, 0.29) is 0 Å². The van der Waals surface area contributed by atoms with Gasteiger partial charge in [0.2, 0.25) is 0 Å². The highest BCUT2D eigenvalue weighted by Gasteiger charge is 2.12. The highest BCUT2D eigenvalue weighted by Crippen LogP contribution is 2.35. The van der Waals surface area contributed by atoms with Crippen LogP contribution in [0, 0.1) is 25.2 Å². The molecule has 0 atom stereocenters. The molecule has 2 aromatic carbocycles. The number of aromatic nitrogens is 2. The van der Waals surface area contributed by atoms with Crippen molar-refractivity contribution >= 4 is 51.0 Å². The summed E-state index contributed by atoms with van der Waals surface area (Å²) < 4.78 is 4.17. The van der Waals surface area contributed by atoms with Gasteiger partial charge in [0.05, 0.1) is 15.1 Å². The van der Waals surface area contributed by atoms with E-state index in [1.54, 1.807) is 11.3 Å². The van der Waals surface area contributed by atoms with Crippen molar-refractivity contribution in [1.29, 1.82) is 5.26 Å². The number of nitriles is 1. The Morgan fingerprint density at radius 3 is 2.64 bits per heavy atom. The van der Waals surface area contributed by atoms with Gasteiger partial charge in [-0.3, -0.25) is 0 Å². The Labute approximate surface area is 176 Å². The van der Waals surface area contributed by atoms with E-state index in [9.17, 15) is 5.26 Å². The van der Waals surface area contributed by atoms with Crippen LogP contribution in [0.2, 0.25) is 5.02 Å². The number of thioether (sulfide) groups is 1. The van der Waals surface area contributed by atoms with E-state index in [0.29, 0.717) is 9.93 Å². The number of nitrogens with zero attached hydrogens (tertiary/aromatic N) is 3. The van der Waals surface area contributed by atoms with Gasteiger partial charge >= 0.3 is 0 Å². The van der Waals surface area contributed by atoms with Gasteiger partial charge in [0.25, 0.3) is 0 Å². The van der Waals surface area contributed by atoms with Crippen LogP contribution in [0.15, 0.2) is 63.8 Å². The largest absolute Gasteiger partial charge is 0.318 e. The van der Waals surface area contributed by atoms with Crippen LogP contribution in [0.3, 0.4) is 0 Å². The minimum Gasteiger partial charge on any atom is -0.318 e. The fraction of sp³-hybridized carbons (Fsp3) is 0.0909. The van der Waals surface area contributed by atoms with Crippen molar-refractivity contribution in [1.82, 2.24) is 9.55 Å². The van der Waals surface area contributed by atoms with E-state index in [0.717, 1.165) is 37.2 Å². The number of benzene rings is 2. The fourth-order valence-corrected chi connectivity index (χ4v) is 5.23. The highest BCUT2D eigenvalue weighted by molar-refractivity contribution is 8.05. The van der Waals surface area contributed by atoms with Gasteiger partial charge in [-0.05, 0) is 79.7 Å². The molecule has 0 amide bonds. The highest BCUT2D eigenvalue weighted by atomic mass is 35.5. The van der Waals surface area contributed by atoms with Gasteiger partial charge in [-0.1, -0.05) is 23.7 Å². The van der Waals surface area contributed by atoms with Crippen LogP contribution in [0.5, 0.6) is 0 Å². The molecule has 4 rings (SSSR count). The fourth-order valence-electron chi connectivity index (χ4n) is 3.14. The van der Waals surface area contributed by atoms with Crippen LogP contribution in [0.4, 0.5) is 0 Å². The summed E-state index contributed by atoms with van der Waals surface area (Å²) in [5.41, 5.74) is 5.23. The Hall–Kier alpha value is -2.52. The van der Waals surface area contributed by atoms with E-state index in [2.05, 4.69) is 35.5 Å². The number of aryl methyl sites for hydroxylation is 1. The SMILES string of the molecule is Cc1cc(C=C(C#N)Sc2nc3ccccc3s2)c(C)n1-c1ccc(Cl)cc1. The molecule has 0 aliphatic rings. The molecule has 0 fully saturated rings. The lowest BCUT2D eigenvalue weighted by atomic mass is 10.2. The van der Waals surface area contributed by atoms with Gasteiger partial charge in [0.15, 0.2) is 4.34 Å². The normalized spacial score (nSPS) is 11.7. The van der Waals surface area contributed by atoms with Gasteiger partial charge in [0, 0.05) is 22.1 Å². The summed E-state index contributed by atoms with van der Waals surface area (Å²) in [5, 5.41) is 10.4. The second kappa shape index (κ2) is 7.84. The Balaban J connectivity index is 1.67. The molecule has 0 N–H and O–H groups in total. The monoisotopic (exact) mass is 421 g/mol. The molecule has 138 valence electrons. The van der Waals surface area contributed by atoms with Crippen LogP contribution in [-0.4, -0.2) is 9.55 Å². The molecule has 0 aliphatic carbocycles. The number of para-hydroxylation sites is 1. The van der Waals surface area contributed by atoms with Crippen LogP contribution in [-0.2, 0) is 0 Å². The van der Waals surface area contributed by atoms with Crippen molar-refractivity contribution in [3.63, 3.8) is 0 Å². The molecule has 28 heavy (non-hydrogen) atoms. The van der Waals surface area contributed by atoms with Gasteiger partial charge in [-0.15, -0.1) is 11.3 Å². The quantitative estimate of drug-likeness (QED) is 0.262. The second-order valence-electron chi connectivity index (χ2n) is 6.31. The van der Waals surface area contributed by atoms with Crippen LogP contribution < -0.4 is 0 Å². The zero-order valence-electron chi connectivity index (χ0n) is 15.3. The summed E-state index contributed by atoms with van der Waals surface area (Å²) in [4.78, 5) is 5.24. The maximum atomic E-state index is 9.65. The molecule has 3 nitrogen and oxygen atoms in total. The number of allylic oxidation sites excluding steroid dienone is 1. The molecular formula is C22H16ClN3S2. The smallest absolute Gasteiger partial charge is 0.156 e. The third-order valence-corrected chi connectivity index (χ3v) is 6.70. The third-order valence-electron chi connectivity index (χ3n) is 4.42. The number of hydrogen-bond donors (Lipinski definition) is 0. The molecule has 0 saturated heterocycles. The average molecular weight is 422 g/mol. The summed E-state index contributed by atoms with van der Waals surface area (Å²) >= 11 is 9.03. The minimum absolute atomic E-state index is 0.621. The lowest BCUT2D eigenvalue weighted by Crippen LogP contribution is -1.98. The maximum absolute atomic E-state index is 9.65. The third kappa shape index (κ3) is 3.72. The molecule has 0 radical (unpaired) electrons. The Kier molecular flexibility index (Phi) is 5.27. The topological polar surface area (TPSA) is 41.6 Å². The predicted molar refractivity (Wildman–Crippen MR) is 119 cm³/mol. The van der Waals surface area contributed by atoms with E-state index >= 15 is 0 Å². The summed E-state index contributed by atoms with van der Waals surface area (Å²) in [5.74, 6) is 0. The molecule has 2 aromatic heterocycles. The minimum atomic E-state index is 0.621. The Morgan fingerprint density at radius 1 is 1.18 bits per heavy atom. The molecule has 0 unspecified atom stereocenters. The molecule has 0 bridgehead atoms. The standard InChI is InChI=1S/C22H16ClN3S2/c1-14-11-16(15(2)26(14)18-9-7-17(23)8-10-18)12-19(13-24)27-22-25-20-5-3-4-6-21(20)28-22/h3-12H,1-2H3. The molecule has 0 spiro atoms. The van der Waals surface area contributed by atoms with Crippen molar-refractivity contribution in [2.75, 3.05) is 0 Å². The summed E-state index contributed by atoms with van der Waals surface area (Å²) in [7, 11) is 0. The van der Waals surface area contributed by atoms with Gasteiger partial charge in [-0.25, -0.2) is 4.98 Å². The van der Waals surface area contributed by atoms with Crippen LogP contribution in [0.1, 0.15) is 17.0 Å². The first-order chi connectivity index (χ1) is 13.5. The van der Waals surface area contributed by atoms with E-state index in [1.807, 2.05) is 54.6 Å². The van der Waals surface area contributed by atoms with Crippen LogP contribution in [0.25, 0.3) is 22.0 Å². The molecular weight excluding hydrogens is 406 g/mol. The molecule has 2 heterocycles. The Bertz CT molecular complexity index is 1190. The number of fused-ring (bicyclic) bond motifs is 1. The summed E-state index contributed by atoms with van der Waals surface area (Å²) in [6.45, 7) is 4.12. The van der Waals surface area contributed by atoms with E-state index in [4.69, 9.17) is 11.6 Å². The molecule has 0 saturated carbocycles. The lowest BCUT2D eigenvalue weighted by Gasteiger charge is -2.09. The van der Waals surface area contributed by atoms with Crippen LogP contribution >= 0.6 is 34.7 Å². The van der Waals surface area contributed by atoms with Gasteiger partial charge in [0.1, 0.15) is 6.07 Å². The maximum Gasteiger partial charge on any atom is 0.156 e. The second-order valence-corrected chi connectivity index (χ2v) is 9.06. The predicted octanol–water partition coefficient (Wildman–Crippen LogP) is 7.01.